The third-order valence-corrected chi connectivity index (χ3v) is 5.04. The molecule has 1 fully saturated rings. The highest BCUT2D eigenvalue weighted by Gasteiger charge is 2.34. The molecule has 0 radical (unpaired) electrons. The van der Waals surface area contributed by atoms with Gasteiger partial charge >= 0.3 is 0 Å². The topological polar surface area (TPSA) is 58.6 Å². The summed E-state index contributed by atoms with van der Waals surface area (Å²) in [6.07, 6.45) is 1.92. The molecule has 2 aromatic carbocycles. The lowest BCUT2D eigenvalue weighted by Gasteiger charge is -2.17. The number of anilines is 1. The average Bonchev–Trinajstić information content (AvgIpc) is 3.10. The van der Waals surface area contributed by atoms with Gasteiger partial charge in [0, 0.05) is 25.2 Å². The van der Waals surface area contributed by atoms with E-state index in [0.29, 0.717) is 19.5 Å². The summed E-state index contributed by atoms with van der Waals surface area (Å²) in [4.78, 5) is 26.6. The van der Waals surface area contributed by atoms with E-state index in [4.69, 9.17) is 4.74 Å². The molecule has 5 nitrogen and oxygen atoms in total. The Labute approximate surface area is 160 Å². The standard InChI is InChI=1S/C22H26N2O3/c1-3-16-8-10-19(11-9-16)24-15-18(14-21(24)25)22(26)23-13-12-17-6-4-5-7-20(17)27-2/h4-11,18H,3,12-15H2,1-2H3,(H,23,26)/t18-/m0/s1. The molecule has 3 rings (SSSR count). The molecule has 1 aliphatic heterocycles. The zero-order valence-electron chi connectivity index (χ0n) is 15.9. The first kappa shape index (κ1) is 19.0. The Bertz CT molecular complexity index is 801. The lowest BCUT2D eigenvalue weighted by molar-refractivity contribution is -0.126. The van der Waals surface area contributed by atoms with Gasteiger partial charge < -0.3 is 15.0 Å². The minimum Gasteiger partial charge on any atom is -0.496 e. The van der Waals surface area contributed by atoms with E-state index >= 15 is 0 Å². The Hall–Kier alpha value is -2.82. The number of hydrogen-bond acceptors (Lipinski definition) is 3. The predicted octanol–water partition coefficient (Wildman–Crippen LogP) is 2.97. The normalized spacial score (nSPS) is 16.4. The van der Waals surface area contributed by atoms with Crippen LogP contribution in [-0.4, -0.2) is 32.0 Å². The molecule has 0 bridgehead atoms. The molecule has 2 amide bonds. The number of aryl methyl sites for hydroxylation is 1. The van der Waals surface area contributed by atoms with E-state index in [0.717, 1.165) is 23.4 Å². The van der Waals surface area contributed by atoms with Crippen LogP contribution in [0.25, 0.3) is 0 Å². The van der Waals surface area contributed by atoms with Gasteiger partial charge in [0.15, 0.2) is 0 Å². The second kappa shape index (κ2) is 8.71. The quantitative estimate of drug-likeness (QED) is 0.820. The van der Waals surface area contributed by atoms with E-state index in [9.17, 15) is 9.59 Å². The number of carbonyl (C=O) groups excluding carboxylic acids is 2. The van der Waals surface area contributed by atoms with E-state index in [2.05, 4.69) is 12.2 Å². The fourth-order valence-corrected chi connectivity index (χ4v) is 3.42. The van der Waals surface area contributed by atoms with Crippen molar-refractivity contribution in [1.29, 1.82) is 0 Å². The SMILES string of the molecule is CCc1ccc(N2C[C@@H](C(=O)NCCc3ccccc3OC)CC2=O)cc1. The van der Waals surface area contributed by atoms with Crippen molar-refractivity contribution >= 4 is 17.5 Å². The third-order valence-electron chi connectivity index (χ3n) is 5.04. The van der Waals surface area contributed by atoms with Gasteiger partial charge in [-0.05, 0) is 42.2 Å². The fourth-order valence-electron chi connectivity index (χ4n) is 3.42. The zero-order chi connectivity index (χ0) is 19.2. The van der Waals surface area contributed by atoms with Gasteiger partial charge in [-0.3, -0.25) is 9.59 Å². The molecule has 1 saturated heterocycles. The summed E-state index contributed by atoms with van der Waals surface area (Å²) in [5, 5.41) is 2.96. The molecule has 142 valence electrons. The monoisotopic (exact) mass is 366 g/mol. The van der Waals surface area contributed by atoms with E-state index < -0.39 is 0 Å². The van der Waals surface area contributed by atoms with Crippen LogP contribution < -0.4 is 15.0 Å². The maximum atomic E-state index is 12.5. The van der Waals surface area contributed by atoms with Crippen molar-refractivity contribution in [2.75, 3.05) is 25.1 Å². The number of nitrogens with zero attached hydrogens (tertiary/aromatic N) is 1. The number of nitrogens with one attached hydrogen (secondary N) is 1. The molecule has 27 heavy (non-hydrogen) atoms. The molecule has 1 N–H and O–H groups in total. The maximum Gasteiger partial charge on any atom is 0.227 e. The predicted molar refractivity (Wildman–Crippen MR) is 106 cm³/mol. The third kappa shape index (κ3) is 4.48. The highest BCUT2D eigenvalue weighted by atomic mass is 16.5. The van der Waals surface area contributed by atoms with E-state index in [1.165, 1.54) is 5.56 Å². The molecule has 1 aliphatic rings. The van der Waals surface area contributed by atoms with Gasteiger partial charge in [-0.15, -0.1) is 0 Å². The van der Waals surface area contributed by atoms with E-state index in [1.807, 2.05) is 48.5 Å². The lowest BCUT2D eigenvalue weighted by atomic mass is 10.1. The van der Waals surface area contributed by atoms with Gasteiger partial charge in [-0.25, -0.2) is 0 Å². The highest BCUT2D eigenvalue weighted by molar-refractivity contribution is 6.00. The first-order valence-electron chi connectivity index (χ1n) is 9.41. The number of amides is 2. The first-order chi connectivity index (χ1) is 13.1. The number of benzene rings is 2. The first-order valence-corrected chi connectivity index (χ1v) is 9.41. The van der Waals surface area contributed by atoms with Crippen LogP contribution in [0.1, 0.15) is 24.5 Å². The van der Waals surface area contributed by atoms with Crippen LogP contribution in [0.3, 0.4) is 0 Å². The van der Waals surface area contributed by atoms with Crippen LogP contribution in [-0.2, 0) is 22.4 Å². The molecular formula is C22H26N2O3. The van der Waals surface area contributed by atoms with Crippen LogP contribution in [0.2, 0.25) is 0 Å². The van der Waals surface area contributed by atoms with Crippen molar-refractivity contribution in [3.63, 3.8) is 0 Å². The molecule has 1 atom stereocenters. The lowest BCUT2D eigenvalue weighted by Crippen LogP contribution is -2.34. The summed E-state index contributed by atoms with van der Waals surface area (Å²) in [7, 11) is 1.64. The second-order valence-electron chi connectivity index (χ2n) is 6.78. The van der Waals surface area contributed by atoms with Crippen molar-refractivity contribution in [3.8, 4) is 5.75 Å². The van der Waals surface area contributed by atoms with Crippen LogP contribution in [0.4, 0.5) is 5.69 Å². The van der Waals surface area contributed by atoms with Crippen LogP contribution in [0, 0.1) is 5.92 Å². The number of para-hydroxylation sites is 1. The fraction of sp³-hybridized carbons (Fsp3) is 0.364. The summed E-state index contributed by atoms with van der Waals surface area (Å²) in [5.74, 6) is 0.459. The molecule has 0 aromatic heterocycles. The Kier molecular flexibility index (Phi) is 6.12. The summed E-state index contributed by atoms with van der Waals surface area (Å²) in [6, 6.07) is 15.8. The Morgan fingerprint density at radius 3 is 2.63 bits per heavy atom. The minimum atomic E-state index is -0.305. The molecule has 0 saturated carbocycles. The molecule has 0 aliphatic carbocycles. The molecule has 2 aromatic rings. The number of ether oxygens (including phenoxy) is 1. The Balaban J connectivity index is 1.54. The summed E-state index contributed by atoms with van der Waals surface area (Å²) in [5.41, 5.74) is 3.15. The number of methoxy groups -OCH3 is 1. The summed E-state index contributed by atoms with van der Waals surface area (Å²) < 4.78 is 5.33. The van der Waals surface area contributed by atoms with E-state index in [1.54, 1.807) is 12.0 Å². The van der Waals surface area contributed by atoms with Gasteiger partial charge in [0.05, 0.1) is 13.0 Å². The van der Waals surface area contributed by atoms with Crippen molar-refractivity contribution in [2.24, 2.45) is 5.92 Å². The van der Waals surface area contributed by atoms with Gasteiger partial charge in [0.25, 0.3) is 0 Å². The van der Waals surface area contributed by atoms with Gasteiger partial charge in [0.2, 0.25) is 11.8 Å². The van der Waals surface area contributed by atoms with Crippen LogP contribution >= 0.6 is 0 Å². The van der Waals surface area contributed by atoms with Crippen molar-refractivity contribution in [1.82, 2.24) is 5.32 Å². The second-order valence-corrected chi connectivity index (χ2v) is 6.78. The Morgan fingerprint density at radius 1 is 1.19 bits per heavy atom. The highest BCUT2D eigenvalue weighted by Crippen LogP contribution is 2.25. The number of rotatable bonds is 7. The van der Waals surface area contributed by atoms with E-state index in [-0.39, 0.29) is 24.2 Å². The van der Waals surface area contributed by atoms with Gasteiger partial charge in [-0.1, -0.05) is 37.3 Å². The van der Waals surface area contributed by atoms with Crippen molar-refractivity contribution in [3.05, 3.63) is 59.7 Å². The smallest absolute Gasteiger partial charge is 0.227 e. The average molecular weight is 366 g/mol. The number of hydrogen-bond donors (Lipinski definition) is 1. The molecule has 1 heterocycles. The summed E-state index contributed by atoms with van der Waals surface area (Å²) >= 11 is 0. The minimum absolute atomic E-state index is 0.00382. The zero-order valence-corrected chi connectivity index (χ0v) is 15.9. The maximum absolute atomic E-state index is 12.5. The summed E-state index contributed by atoms with van der Waals surface area (Å²) in [6.45, 7) is 3.06. The molecular weight excluding hydrogens is 340 g/mol. The van der Waals surface area contributed by atoms with Gasteiger partial charge in [-0.2, -0.15) is 0 Å². The molecule has 5 heteroatoms. The molecule has 0 unspecified atom stereocenters. The Morgan fingerprint density at radius 2 is 1.93 bits per heavy atom. The molecule has 0 spiro atoms. The van der Waals surface area contributed by atoms with Crippen LogP contribution in [0.15, 0.2) is 48.5 Å². The largest absolute Gasteiger partial charge is 0.496 e. The van der Waals surface area contributed by atoms with Gasteiger partial charge in [0.1, 0.15) is 5.75 Å². The van der Waals surface area contributed by atoms with Crippen molar-refractivity contribution in [2.45, 2.75) is 26.2 Å². The van der Waals surface area contributed by atoms with Crippen LogP contribution in [0.5, 0.6) is 5.75 Å². The number of carbonyl (C=O) groups is 2. The van der Waals surface area contributed by atoms with Crippen molar-refractivity contribution < 1.29 is 14.3 Å².